The van der Waals surface area contributed by atoms with Gasteiger partial charge in [-0.2, -0.15) is 4.57 Å². The quantitative estimate of drug-likeness (QED) is 0.135. The van der Waals surface area contributed by atoms with E-state index in [0.29, 0.717) is 0 Å². The Hall–Kier alpha value is -5.27. The van der Waals surface area contributed by atoms with E-state index in [1.54, 1.807) is 0 Å². The summed E-state index contributed by atoms with van der Waals surface area (Å²) in [5.41, 5.74) is 15.7. The largest absolute Gasteiger partial charge is 0.213 e. The smallest absolute Gasteiger partial charge is 0.193 e. The first-order valence-corrected chi connectivity index (χ1v) is 19.1. The summed E-state index contributed by atoms with van der Waals surface area (Å²) in [4.78, 5) is 0. The Morgan fingerprint density at radius 2 is 1.18 bits per heavy atom. The fourth-order valence-electron chi connectivity index (χ4n) is 8.48. The first kappa shape index (κ1) is 32.9. The lowest BCUT2D eigenvalue weighted by Gasteiger charge is -2.26. The van der Waals surface area contributed by atoms with Crippen LogP contribution in [0.3, 0.4) is 0 Å². The third kappa shape index (κ3) is 6.31. The Morgan fingerprint density at radius 1 is 0.529 bits per heavy atom. The number of unbranched alkanes of at least 4 members (excludes halogenated alkanes) is 1. The van der Waals surface area contributed by atoms with Crippen molar-refractivity contribution in [2.24, 2.45) is 0 Å². The molecule has 7 aromatic rings. The number of aromatic nitrogens is 1. The third-order valence-corrected chi connectivity index (χ3v) is 11.6. The van der Waals surface area contributed by atoms with Gasteiger partial charge in [0, 0.05) is 37.0 Å². The average molecular weight is 663 g/mol. The van der Waals surface area contributed by atoms with E-state index in [2.05, 4.69) is 177 Å². The van der Waals surface area contributed by atoms with Gasteiger partial charge in [-0.15, -0.1) is 0 Å². The van der Waals surface area contributed by atoms with Crippen LogP contribution in [0.4, 0.5) is 0 Å². The van der Waals surface area contributed by atoms with Gasteiger partial charge in [-0.1, -0.05) is 124 Å². The summed E-state index contributed by atoms with van der Waals surface area (Å²) in [6.45, 7) is 6.97. The zero-order valence-electron chi connectivity index (χ0n) is 30.3. The highest BCUT2D eigenvalue weighted by Crippen LogP contribution is 2.39. The Morgan fingerprint density at radius 3 is 1.98 bits per heavy atom. The van der Waals surface area contributed by atoms with E-state index in [-0.39, 0.29) is 5.54 Å². The molecule has 0 N–H and O–H groups in total. The zero-order valence-corrected chi connectivity index (χ0v) is 30.3. The second-order valence-electron chi connectivity index (χ2n) is 14.5. The summed E-state index contributed by atoms with van der Waals surface area (Å²) in [6, 6.07) is 54.9. The molecule has 0 atom stereocenters. The molecule has 1 aromatic heterocycles. The number of pyridine rings is 1. The normalized spacial score (nSPS) is 13.4. The Kier molecular flexibility index (Phi) is 9.13. The van der Waals surface area contributed by atoms with Gasteiger partial charge in [0.15, 0.2) is 11.7 Å². The van der Waals surface area contributed by atoms with Crippen molar-refractivity contribution in [3.8, 4) is 55.8 Å². The van der Waals surface area contributed by atoms with E-state index in [4.69, 9.17) is 0 Å². The molecule has 252 valence electrons. The number of rotatable bonds is 9. The molecule has 1 aliphatic heterocycles. The van der Waals surface area contributed by atoms with Gasteiger partial charge in [-0.25, -0.2) is 0 Å². The molecule has 1 aliphatic rings. The van der Waals surface area contributed by atoms with Crippen LogP contribution in [0.25, 0.3) is 66.5 Å². The second kappa shape index (κ2) is 14.2. The summed E-state index contributed by atoms with van der Waals surface area (Å²) in [7, 11) is 0. The maximum atomic E-state index is 2.58. The molecule has 8 rings (SSSR count). The summed E-state index contributed by atoms with van der Waals surface area (Å²) >= 11 is 0. The van der Waals surface area contributed by atoms with Crippen LogP contribution in [-0.4, -0.2) is 0 Å². The minimum absolute atomic E-state index is 0.151. The van der Waals surface area contributed by atoms with E-state index < -0.39 is 0 Å². The van der Waals surface area contributed by atoms with Crippen molar-refractivity contribution >= 4 is 10.8 Å². The van der Waals surface area contributed by atoms with Crippen molar-refractivity contribution in [1.29, 1.82) is 0 Å². The van der Waals surface area contributed by atoms with E-state index in [1.165, 1.54) is 96.9 Å². The second-order valence-corrected chi connectivity index (χ2v) is 14.5. The van der Waals surface area contributed by atoms with Crippen LogP contribution < -0.4 is 4.57 Å². The molecule has 0 radical (unpaired) electrons. The molecule has 0 saturated heterocycles. The van der Waals surface area contributed by atoms with Crippen LogP contribution >= 0.6 is 0 Å². The van der Waals surface area contributed by atoms with Crippen molar-refractivity contribution < 1.29 is 4.57 Å². The molecule has 6 aromatic carbocycles. The van der Waals surface area contributed by atoms with E-state index >= 15 is 0 Å². The molecule has 0 bridgehead atoms. The number of hydrogen-bond donors (Lipinski definition) is 0. The monoisotopic (exact) mass is 662 g/mol. The van der Waals surface area contributed by atoms with Crippen molar-refractivity contribution in [1.82, 2.24) is 0 Å². The zero-order chi connectivity index (χ0) is 34.8. The van der Waals surface area contributed by atoms with Crippen LogP contribution in [0.5, 0.6) is 0 Å². The summed E-state index contributed by atoms with van der Waals surface area (Å²) in [6.07, 6.45) is 10.4. The average Bonchev–Trinajstić information content (AvgIpc) is 3.34. The molecule has 0 saturated carbocycles. The predicted octanol–water partition coefficient (Wildman–Crippen LogP) is 13.3. The van der Waals surface area contributed by atoms with Gasteiger partial charge in [-0.3, -0.25) is 0 Å². The lowest BCUT2D eigenvalue weighted by molar-refractivity contribution is -0.757. The molecule has 51 heavy (non-hydrogen) atoms. The van der Waals surface area contributed by atoms with Crippen molar-refractivity contribution in [3.63, 3.8) is 0 Å². The predicted molar refractivity (Wildman–Crippen MR) is 217 cm³/mol. The minimum atomic E-state index is 0.151. The van der Waals surface area contributed by atoms with Gasteiger partial charge in [-0.05, 0) is 122 Å². The van der Waals surface area contributed by atoms with Gasteiger partial charge >= 0.3 is 0 Å². The molecule has 1 nitrogen and oxygen atoms in total. The maximum absolute atomic E-state index is 2.58. The number of fused-ring (bicyclic) bond motifs is 4. The van der Waals surface area contributed by atoms with Crippen LogP contribution in [0.15, 0.2) is 152 Å². The molecule has 0 fully saturated rings. The first-order valence-electron chi connectivity index (χ1n) is 19.1. The number of hydrogen-bond acceptors (Lipinski definition) is 0. The lowest BCUT2D eigenvalue weighted by atomic mass is 9.86. The molecule has 0 spiro atoms. The SMILES string of the molecule is CCCCc1cccc(-c2cc(-c3cccc(-c4ccc5c(c4)-c4cccc[n+]4C(CC)(CC)CC5)c3)cc(-c3cccc4ccccc34)c2)c1. The Balaban J connectivity index is 1.25. The van der Waals surface area contributed by atoms with Gasteiger partial charge in [0.05, 0.1) is 0 Å². The first-order chi connectivity index (χ1) is 25.1. The fraction of sp³-hybridized carbons (Fsp3) is 0.220. The summed E-state index contributed by atoms with van der Waals surface area (Å²) < 4.78 is 2.58. The number of benzene rings is 6. The molecule has 0 aliphatic carbocycles. The molecule has 0 unspecified atom stereocenters. The van der Waals surface area contributed by atoms with E-state index in [0.717, 1.165) is 25.7 Å². The van der Waals surface area contributed by atoms with E-state index in [1.807, 2.05) is 0 Å². The van der Waals surface area contributed by atoms with Crippen LogP contribution in [0.1, 0.15) is 64.0 Å². The van der Waals surface area contributed by atoms with Gasteiger partial charge in [0.25, 0.3) is 0 Å². The molecular weight excluding hydrogens is 615 g/mol. The van der Waals surface area contributed by atoms with Crippen LogP contribution in [-0.2, 0) is 18.4 Å². The summed E-state index contributed by atoms with van der Waals surface area (Å²) in [5.74, 6) is 0. The minimum Gasteiger partial charge on any atom is -0.193 e. The highest BCUT2D eigenvalue weighted by molar-refractivity contribution is 5.98. The van der Waals surface area contributed by atoms with Crippen molar-refractivity contribution in [2.75, 3.05) is 0 Å². The highest BCUT2D eigenvalue weighted by atomic mass is 15.1. The van der Waals surface area contributed by atoms with Crippen LogP contribution in [0.2, 0.25) is 0 Å². The Labute approximate surface area is 304 Å². The molecule has 2 heterocycles. The lowest BCUT2D eigenvalue weighted by Crippen LogP contribution is -2.56. The number of aryl methyl sites for hydroxylation is 2. The van der Waals surface area contributed by atoms with Crippen molar-refractivity contribution in [3.05, 3.63) is 163 Å². The molecule has 1 heteroatoms. The maximum Gasteiger partial charge on any atom is 0.213 e. The summed E-state index contributed by atoms with van der Waals surface area (Å²) in [5, 5.41) is 2.55. The molecule has 0 amide bonds. The van der Waals surface area contributed by atoms with Crippen LogP contribution in [0, 0.1) is 0 Å². The Bertz CT molecular complexity index is 2330. The topological polar surface area (TPSA) is 3.88 Å². The fourth-order valence-corrected chi connectivity index (χ4v) is 8.48. The number of nitrogens with zero attached hydrogens (tertiary/aromatic N) is 1. The van der Waals surface area contributed by atoms with Crippen molar-refractivity contribution in [2.45, 2.75) is 71.3 Å². The van der Waals surface area contributed by atoms with Gasteiger partial charge < -0.3 is 0 Å². The molecular formula is C50H48N+. The van der Waals surface area contributed by atoms with E-state index in [9.17, 15) is 0 Å². The highest BCUT2D eigenvalue weighted by Gasteiger charge is 2.40. The third-order valence-electron chi connectivity index (χ3n) is 11.6. The standard InChI is InChI=1S/C50H48N/c1-4-7-15-36-16-12-19-39(30-36)43-32-44(34-45(33-43)47-23-14-18-37-17-8-9-22-46(37)47)41-21-13-20-40(31-41)42-26-25-38-27-28-50(5-2,6-3)51-29-11-10-24-49(51)48(38)35-42/h8-14,16-26,29-35H,4-7,15,27-28H2,1-3H3/q+1. The van der Waals surface area contributed by atoms with Gasteiger partial charge in [0.1, 0.15) is 0 Å². The van der Waals surface area contributed by atoms with Gasteiger partial charge in [0.2, 0.25) is 5.69 Å².